The van der Waals surface area contributed by atoms with Crippen molar-refractivity contribution in [3.8, 4) is 0 Å². The summed E-state index contributed by atoms with van der Waals surface area (Å²) >= 11 is 0. The summed E-state index contributed by atoms with van der Waals surface area (Å²) in [6.45, 7) is 7.19. The molecular formula is C14H24O8Si. The Morgan fingerprint density at radius 1 is 1.17 bits per heavy atom. The van der Waals surface area contributed by atoms with E-state index in [1.165, 1.54) is 0 Å². The van der Waals surface area contributed by atoms with Crippen molar-refractivity contribution in [3.63, 3.8) is 0 Å². The quantitative estimate of drug-likeness (QED) is 0.358. The number of carbonyl (C=O) groups is 3. The van der Waals surface area contributed by atoms with Crippen molar-refractivity contribution in [1.29, 1.82) is 0 Å². The number of carboxylic acid groups (broad SMARTS) is 1. The normalized spacial score (nSPS) is 21.1. The first-order chi connectivity index (χ1) is 10.8. The Morgan fingerprint density at radius 3 is 1.91 bits per heavy atom. The number of hydrogen-bond acceptors (Lipinski definition) is 7. The molecule has 2 atom stereocenters. The molecule has 9 heteroatoms. The lowest BCUT2D eigenvalue weighted by Gasteiger charge is -2.43. The minimum atomic E-state index is -3.83. The highest BCUT2D eigenvalue weighted by atomic mass is 28.4. The molecule has 1 N–H and O–H groups in total. The summed E-state index contributed by atoms with van der Waals surface area (Å²) in [5, 5.41) is 8.21. The summed E-state index contributed by atoms with van der Waals surface area (Å²) in [7, 11) is -3.83. The van der Waals surface area contributed by atoms with Gasteiger partial charge in [0.1, 0.15) is 0 Å². The van der Waals surface area contributed by atoms with Crippen molar-refractivity contribution < 1.29 is 37.5 Å². The Kier molecular flexibility index (Phi) is 6.87. The first kappa shape index (κ1) is 19.8. The number of esters is 2. The largest absolute Gasteiger partial charge is 0.519 e. The van der Waals surface area contributed by atoms with Gasteiger partial charge in [-0.25, -0.2) is 0 Å². The van der Waals surface area contributed by atoms with E-state index in [1.807, 2.05) is 0 Å². The number of carboxylic acids is 1. The van der Waals surface area contributed by atoms with Crippen molar-refractivity contribution in [2.45, 2.75) is 45.6 Å². The van der Waals surface area contributed by atoms with Crippen LogP contribution in [0.25, 0.3) is 0 Å². The van der Waals surface area contributed by atoms with E-state index < -0.39 is 37.7 Å². The van der Waals surface area contributed by atoms with E-state index in [2.05, 4.69) is 4.74 Å². The van der Waals surface area contributed by atoms with Crippen LogP contribution in [-0.4, -0.2) is 51.6 Å². The number of carbonyl (C=O) groups excluding carboxylic acids is 2. The average Bonchev–Trinajstić information content (AvgIpc) is 2.80. The standard InChI is InChI=1S/C14H24O8Si/c1-5-14(13(17)18,10-9-11(15)22-12(10)16)23(19-6-2,20-7-3)21-8-4/h10H,5-9H2,1-4H3,(H,17,18). The minimum Gasteiger partial charge on any atom is -0.481 e. The molecule has 0 aromatic heterocycles. The summed E-state index contributed by atoms with van der Waals surface area (Å²) in [5.41, 5.74) is 0. The molecular weight excluding hydrogens is 324 g/mol. The molecule has 8 nitrogen and oxygen atoms in total. The van der Waals surface area contributed by atoms with E-state index in [-0.39, 0.29) is 32.7 Å². The van der Waals surface area contributed by atoms with Gasteiger partial charge in [-0.1, -0.05) is 6.92 Å². The van der Waals surface area contributed by atoms with E-state index in [9.17, 15) is 19.5 Å². The highest BCUT2D eigenvalue weighted by Crippen LogP contribution is 2.53. The molecule has 1 saturated heterocycles. The second kappa shape index (κ2) is 8.00. The van der Waals surface area contributed by atoms with Crippen molar-refractivity contribution >= 4 is 26.7 Å². The van der Waals surface area contributed by atoms with Gasteiger partial charge in [0.05, 0.1) is 12.3 Å². The molecule has 0 bridgehead atoms. The molecule has 23 heavy (non-hydrogen) atoms. The monoisotopic (exact) mass is 348 g/mol. The van der Waals surface area contributed by atoms with Gasteiger partial charge in [-0.2, -0.15) is 0 Å². The Balaban J connectivity index is 3.53. The molecule has 0 aromatic carbocycles. The Hall–Kier alpha value is -1.29. The lowest BCUT2D eigenvalue weighted by atomic mass is 9.87. The van der Waals surface area contributed by atoms with Gasteiger partial charge in [-0.05, 0) is 27.2 Å². The SMILES string of the molecule is CCO[Si](OCC)(OCC)C(CC)(C(=O)O)C1CC(=O)OC1=O. The smallest absolute Gasteiger partial charge is 0.481 e. The van der Waals surface area contributed by atoms with E-state index in [4.69, 9.17) is 13.3 Å². The maximum absolute atomic E-state index is 12.2. The summed E-state index contributed by atoms with van der Waals surface area (Å²) in [4.78, 5) is 35.8. The molecule has 0 aromatic rings. The maximum Gasteiger partial charge on any atom is 0.519 e. The Bertz CT molecular complexity index is 449. The Labute approximate surface area is 136 Å². The van der Waals surface area contributed by atoms with E-state index >= 15 is 0 Å². The molecule has 2 unspecified atom stereocenters. The van der Waals surface area contributed by atoms with Crippen LogP contribution in [0.15, 0.2) is 0 Å². The molecule has 1 aliphatic heterocycles. The zero-order chi connectivity index (χ0) is 17.7. The zero-order valence-electron chi connectivity index (χ0n) is 13.9. The van der Waals surface area contributed by atoms with Crippen molar-refractivity contribution in [2.24, 2.45) is 5.92 Å². The van der Waals surface area contributed by atoms with Crippen LogP contribution in [0.3, 0.4) is 0 Å². The number of hydrogen-bond donors (Lipinski definition) is 1. The number of rotatable bonds is 10. The summed E-state index contributed by atoms with van der Waals surface area (Å²) in [6.07, 6.45) is -0.303. The van der Waals surface area contributed by atoms with Gasteiger partial charge in [0, 0.05) is 19.8 Å². The maximum atomic E-state index is 12.2. The fourth-order valence-electron chi connectivity index (χ4n) is 3.04. The van der Waals surface area contributed by atoms with Crippen LogP contribution in [0, 0.1) is 5.92 Å². The second-order valence-corrected chi connectivity index (χ2v) is 7.91. The molecule has 1 rings (SSSR count). The number of cyclic esters (lactones) is 2. The van der Waals surface area contributed by atoms with Gasteiger partial charge >= 0.3 is 26.7 Å². The second-order valence-electron chi connectivity index (χ2n) is 5.04. The lowest BCUT2D eigenvalue weighted by Crippen LogP contribution is -2.63. The average molecular weight is 348 g/mol. The molecule has 0 saturated carbocycles. The van der Waals surface area contributed by atoms with Crippen LogP contribution in [-0.2, 0) is 32.4 Å². The van der Waals surface area contributed by atoms with Crippen LogP contribution in [0.2, 0.25) is 5.04 Å². The molecule has 1 fully saturated rings. The first-order valence-corrected chi connectivity index (χ1v) is 9.47. The van der Waals surface area contributed by atoms with Gasteiger partial charge in [0.2, 0.25) is 0 Å². The van der Waals surface area contributed by atoms with Crippen LogP contribution in [0.4, 0.5) is 0 Å². The number of aliphatic carboxylic acids is 1. The molecule has 0 aliphatic carbocycles. The third-order valence-corrected chi connectivity index (χ3v) is 7.97. The fraction of sp³-hybridized carbons (Fsp3) is 0.786. The highest BCUT2D eigenvalue weighted by Gasteiger charge is 2.72. The predicted molar refractivity (Wildman–Crippen MR) is 80.5 cm³/mol. The van der Waals surface area contributed by atoms with Crippen LogP contribution in [0.5, 0.6) is 0 Å². The van der Waals surface area contributed by atoms with Crippen LogP contribution >= 0.6 is 0 Å². The molecule has 0 amide bonds. The molecule has 0 spiro atoms. The zero-order valence-corrected chi connectivity index (χ0v) is 14.9. The topological polar surface area (TPSA) is 108 Å². The van der Waals surface area contributed by atoms with Gasteiger partial charge in [0.15, 0.2) is 5.04 Å². The van der Waals surface area contributed by atoms with Crippen molar-refractivity contribution in [2.75, 3.05) is 19.8 Å². The van der Waals surface area contributed by atoms with Crippen LogP contribution in [0.1, 0.15) is 40.5 Å². The van der Waals surface area contributed by atoms with Gasteiger partial charge in [-0.3, -0.25) is 14.4 Å². The fourth-order valence-corrected chi connectivity index (χ4v) is 6.54. The highest BCUT2D eigenvalue weighted by molar-refractivity contribution is 6.69. The molecule has 132 valence electrons. The lowest BCUT2D eigenvalue weighted by molar-refractivity contribution is -0.158. The predicted octanol–water partition coefficient (Wildman–Crippen LogP) is 1.36. The van der Waals surface area contributed by atoms with E-state index in [0.29, 0.717) is 0 Å². The van der Waals surface area contributed by atoms with Gasteiger partial charge in [0.25, 0.3) is 0 Å². The summed E-state index contributed by atoms with van der Waals surface area (Å²) in [6, 6.07) is 0. The Morgan fingerprint density at radius 2 is 1.65 bits per heavy atom. The first-order valence-electron chi connectivity index (χ1n) is 7.74. The molecule has 1 aliphatic rings. The summed E-state index contributed by atoms with van der Waals surface area (Å²) in [5.74, 6) is -4.07. The molecule has 1 heterocycles. The molecule has 0 radical (unpaired) electrons. The van der Waals surface area contributed by atoms with Crippen molar-refractivity contribution in [3.05, 3.63) is 0 Å². The van der Waals surface area contributed by atoms with Crippen LogP contribution < -0.4 is 0 Å². The van der Waals surface area contributed by atoms with Gasteiger partial charge < -0.3 is 23.1 Å². The number of ether oxygens (including phenoxy) is 1. The van der Waals surface area contributed by atoms with Crippen molar-refractivity contribution in [1.82, 2.24) is 0 Å². The third kappa shape index (κ3) is 3.32. The minimum absolute atomic E-state index is 0.0155. The van der Waals surface area contributed by atoms with E-state index in [0.717, 1.165) is 0 Å². The summed E-state index contributed by atoms with van der Waals surface area (Å²) < 4.78 is 21.7. The van der Waals surface area contributed by atoms with Gasteiger partial charge in [-0.15, -0.1) is 0 Å². The van der Waals surface area contributed by atoms with E-state index in [1.54, 1.807) is 27.7 Å². The third-order valence-electron chi connectivity index (χ3n) is 3.95.